The third-order valence-corrected chi connectivity index (χ3v) is 9.92. The van der Waals surface area contributed by atoms with E-state index in [0.29, 0.717) is 29.3 Å². The molecule has 4 nitrogen and oxygen atoms in total. The van der Waals surface area contributed by atoms with Crippen LogP contribution in [0.25, 0.3) is 78.4 Å². The summed E-state index contributed by atoms with van der Waals surface area (Å²) in [6.45, 7) is 0. The molecule has 2 aromatic heterocycles. The molecule has 2 unspecified atom stereocenters. The summed E-state index contributed by atoms with van der Waals surface area (Å²) in [4.78, 5) is 14.8. The smallest absolute Gasteiger partial charge is 0.164 e. The first-order valence-electron chi connectivity index (χ1n) is 16.7. The zero-order chi connectivity index (χ0) is 32.3. The van der Waals surface area contributed by atoms with Gasteiger partial charge in [-0.3, -0.25) is 0 Å². The van der Waals surface area contributed by atoms with Crippen molar-refractivity contribution in [3.63, 3.8) is 0 Å². The maximum atomic E-state index is 6.35. The highest BCUT2D eigenvalue weighted by Crippen LogP contribution is 2.50. The fourth-order valence-corrected chi connectivity index (χ4v) is 7.53. The maximum Gasteiger partial charge on any atom is 0.164 e. The molecule has 0 N–H and O–H groups in total. The Morgan fingerprint density at radius 3 is 1.53 bits per heavy atom. The van der Waals surface area contributed by atoms with Crippen LogP contribution in [0.2, 0.25) is 0 Å². The molecule has 0 fully saturated rings. The van der Waals surface area contributed by atoms with E-state index in [1.54, 1.807) is 0 Å². The molecule has 0 bridgehead atoms. The van der Waals surface area contributed by atoms with Crippen LogP contribution >= 0.6 is 0 Å². The van der Waals surface area contributed by atoms with Crippen LogP contribution < -0.4 is 0 Å². The lowest BCUT2D eigenvalue weighted by Gasteiger charge is -2.34. The second-order valence-electron chi connectivity index (χ2n) is 12.8. The van der Waals surface area contributed by atoms with Gasteiger partial charge in [0.05, 0.1) is 0 Å². The molecule has 8 aromatic rings. The fourth-order valence-electron chi connectivity index (χ4n) is 7.53. The minimum absolute atomic E-state index is 0.350. The number of fused-ring (bicyclic) bond motifs is 9. The van der Waals surface area contributed by atoms with Crippen LogP contribution in [0.3, 0.4) is 0 Å². The third kappa shape index (κ3) is 4.64. The number of benzene rings is 6. The average Bonchev–Trinajstić information content (AvgIpc) is 3.55. The number of hydrogen-bond donors (Lipinski definition) is 0. The number of hydrogen-bond acceptors (Lipinski definition) is 4. The average molecular weight is 628 g/mol. The Bertz CT molecular complexity index is 2560. The molecule has 230 valence electrons. The van der Waals surface area contributed by atoms with E-state index >= 15 is 0 Å². The highest BCUT2D eigenvalue weighted by Gasteiger charge is 2.31. The van der Waals surface area contributed by atoms with Crippen molar-refractivity contribution in [2.45, 2.75) is 11.8 Å². The molecule has 49 heavy (non-hydrogen) atoms. The maximum absolute atomic E-state index is 6.35. The topological polar surface area (TPSA) is 51.8 Å². The number of furan rings is 1. The summed E-state index contributed by atoms with van der Waals surface area (Å²) in [7, 11) is 0. The van der Waals surface area contributed by atoms with Gasteiger partial charge >= 0.3 is 0 Å². The molecule has 0 saturated carbocycles. The lowest BCUT2D eigenvalue weighted by Crippen LogP contribution is -2.16. The van der Waals surface area contributed by atoms with E-state index in [1.165, 1.54) is 27.8 Å². The van der Waals surface area contributed by atoms with Gasteiger partial charge in [-0.1, -0.05) is 127 Å². The number of aromatic nitrogens is 3. The molecular weight excluding hydrogens is 599 g/mol. The second kappa shape index (κ2) is 11.1. The first-order chi connectivity index (χ1) is 24.3. The molecule has 6 aromatic carbocycles. The van der Waals surface area contributed by atoms with Gasteiger partial charge in [0.2, 0.25) is 0 Å². The van der Waals surface area contributed by atoms with Crippen molar-refractivity contribution in [2.24, 2.45) is 0 Å². The molecule has 0 spiro atoms. The van der Waals surface area contributed by atoms with Gasteiger partial charge in [-0.25, -0.2) is 15.0 Å². The Balaban J connectivity index is 1.10. The van der Waals surface area contributed by atoms with Gasteiger partial charge in [-0.05, 0) is 69.8 Å². The number of nitrogens with zero attached hydrogens (tertiary/aromatic N) is 3. The first kappa shape index (κ1) is 27.7. The molecule has 2 aliphatic carbocycles. The van der Waals surface area contributed by atoms with Crippen molar-refractivity contribution in [2.75, 3.05) is 0 Å². The van der Waals surface area contributed by atoms with Crippen molar-refractivity contribution in [1.82, 2.24) is 15.0 Å². The molecule has 4 heteroatoms. The predicted octanol–water partition coefficient (Wildman–Crippen LogP) is 11.4. The Labute approximate surface area is 283 Å². The number of rotatable bonds is 4. The van der Waals surface area contributed by atoms with Crippen LogP contribution in [0.1, 0.15) is 23.0 Å². The van der Waals surface area contributed by atoms with E-state index in [-0.39, 0.29) is 0 Å². The second-order valence-corrected chi connectivity index (χ2v) is 12.8. The Kier molecular flexibility index (Phi) is 6.28. The molecule has 0 amide bonds. The molecule has 0 radical (unpaired) electrons. The van der Waals surface area contributed by atoms with E-state index < -0.39 is 0 Å². The summed E-state index contributed by atoms with van der Waals surface area (Å²) in [5.41, 5.74) is 12.2. The Hall–Kier alpha value is -6.39. The molecule has 0 saturated heterocycles. The molecule has 2 aliphatic rings. The minimum atomic E-state index is 0.350. The van der Waals surface area contributed by atoms with Crippen LogP contribution in [-0.2, 0) is 0 Å². The van der Waals surface area contributed by atoms with Crippen LogP contribution in [0, 0.1) is 0 Å². The normalized spacial score (nSPS) is 16.0. The van der Waals surface area contributed by atoms with E-state index in [1.807, 2.05) is 72.8 Å². The monoisotopic (exact) mass is 627 g/mol. The van der Waals surface area contributed by atoms with Crippen LogP contribution in [-0.4, -0.2) is 15.0 Å². The molecule has 2 atom stereocenters. The van der Waals surface area contributed by atoms with Gasteiger partial charge in [0, 0.05) is 39.3 Å². The first-order valence-corrected chi connectivity index (χ1v) is 16.7. The summed E-state index contributed by atoms with van der Waals surface area (Å²) in [5.74, 6) is 2.63. The Morgan fingerprint density at radius 2 is 0.878 bits per heavy atom. The predicted molar refractivity (Wildman–Crippen MR) is 198 cm³/mol. The van der Waals surface area contributed by atoms with Gasteiger partial charge in [0.1, 0.15) is 11.2 Å². The minimum Gasteiger partial charge on any atom is -0.456 e. The quantitative estimate of drug-likeness (QED) is 0.195. The van der Waals surface area contributed by atoms with E-state index in [9.17, 15) is 0 Å². The van der Waals surface area contributed by atoms with E-state index in [2.05, 4.69) is 91.0 Å². The number of allylic oxidation sites excluding steroid dienone is 4. The van der Waals surface area contributed by atoms with Gasteiger partial charge in [-0.2, -0.15) is 0 Å². The standard InChI is InChI=1S/C45H29N3O/c1-3-11-28(12-4-1)43-46-44(29-13-5-2-6-14-29)48-45(47-43)32-21-24-42-40(27-32)39-26-31(20-23-41(39)49-42)30-19-22-37-35-17-8-7-15-33(35)34-16-9-10-18-36(34)38(37)25-30/h1-27,33,35H. The molecule has 0 aliphatic heterocycles. The van der Waals surface area contributed by atoms with Crippen LogP contribution in [0.5, 0.6) is 0 Å². The zero-order valence-electron chi connectivity index (χ0n) is 26.5. The largest absolute Gasteiger partial charge is 0.456 e. The SMILES string of the molecule is C1=CC2c3ccccc3-c3cc(-c4ccc5oc6ccc(-c7nc(-c8ccccc8)nc(-c8ccccc8)n7)cc6c5c4)ccc3C2C=C1. The fraction of sp³-hybridized carbons (Fsp3) is 0.0444. The summed E-state index contributed by atoms with van der Waals surface area (Å²) >= 11 is 0. The van der Waals surface area contributed by atoms with Crippen LogP contribution in [0.4, 0.5) is 0 Å². The third-order valence-electron chi connectivity index (χ3n) is 9.92. The van der Waals surface area contributed by atoms with E-state index in [0.717, 1.165) is 44.2 Å². The van der Waals surface area contributed by atoms with Gasteiger partial charge in [0.25, 0.3) is 0 Å². The lowest BCUT2D eigenvalue weighted by molar-refractivity contribution is 0.669. The van der Waals surface area contributed by atoms with Gasteiger partial charge < -0.3 is 4.42 Å². The zero-order valence-corrected chi connectivity index (χ0v) is 26.5. The van der Waals surface area contributed by atoms with Crippen molar-refractivity contribution in [3.05, 3.63) is 175 Å². The van der Waals surface area contributed by atoms with Crippen LogP contribution in [0.15, 0.2) is 168 Å². The van der Waals surface area contributed by atoms with Crippen molar-refractivity contribution in [1.29, 1.82) is 0 Å². The highest BCUT2D eigenvalue weighted by molar-refractivity contribution is 6.07. The molecule has 10 rings (SSSR count). The van der Waals surface area contributed by atoms with Crippen molar-refractivity contribution in [3.8, 4) is 56.4 Å². The van der Waals surface area contributed by atoms with Crippen molar-refractivity contribution >= 4 is 21.9 Å². The van der Waals surface area contributed by atoms with Crippen molar-refractivity contribution < 1.29 is 4.42 Å². The Morgan fingerprint density at radius 1 is 0.388 bits per heavy atom. The van der Waals surface area contributed by atoms with E-state index in [4.69, 9.17) is 19.4 Å². The summed E-state index contributed by atoms with van der Waals surface area (Å²) in [5, 5.41) is 2.09. The lowest BCUT2D eigenvalue weighted by atomic mass is 9.69. The summed E-state index contributed by atoms with van der Waals surface area (Å²) in [6.07, 6.45) is 9.05. The summed E-state index contributed by atoms with van der Waals surface area (Å²) < 4.78 is 6.35. The highest BCUT2D eigenvalue weighted by atomic mass is 16.3. The molecule has 2 heterocycles. The van der Waals surface area contributed by atoms with Gasteiger partial charge in [-0.15, -0.1) is 0 Å². The van der Waals surface area contributed by atoms with Gasteiger partial charge in [0.15, 0.2) is 17.5 Å². The summed E-state index contributed by atoms with van der Waals surface area (Å²) in [6, 6.07) is 48.7. The molecular formula is C45H29N3O.